The van der Waals surface area contributed by atoms with Crippen LogP contribution in [0.4, 0.5) is 0 Å². The first-order valence-corrected chi connectivity index (χ1v) is 5.38. The summed E-state index contributed by atoms with van der Waals surface area (Å²) >= 11 is 0. The van der Waals surface area contributed by atoms with E-state index in [-0.39, 0.29) is 5.92 Å². The van der Waals surface area contributed by atoms with Gasteiger partial charge in [0.05, 0.1) is 12.0 Å². The van der Waals surface area contributed by atoms with Gasteiger partial charge in [0.25, 0.3) is 10.1 Å². The molecule has 0 saturated heterocycles. The highest BCUT2D eigenvalue weighted by Gasteiger charge is 2.29. The summed E-state index contributed by atoms with van der Waals surface area (Å²) in [5.41, 5.74) is 0.414. The number of H-pyrrole nitrogens is 1. The maximum atomic E-state index is 11.0. The molecule has 1 heterocycles. The molecule has 0 aliphatic carbocycles. The molecular formula is C7H12N2O3S. The smallest absolute Gasteiger partial charge is 0.273 e. The summed E-state index contributed by atoms with van der Waals surface area (Å²) in [5, 5.41) is -0.921. The van der Waals surface area contributed by atoms with E-state index in [9.17, 15) is 8.42 Å². The van der Waals surface area contributed by atoms with Gasteiger partial charge in [-0.05, 0) is 5.92 Å². The minimum atomic E-state index is -4.06. The summed E-state index contributed by atoms with van der Waals surface area (Å²) in [6.45, 7) is 3.44. The second-order valence-electron chi connectivity index (χ2n) is 3.19. The van der Waals surface area contributed by atoms with Crippen LogP contribution in [0.15, 0.2) is 12.5 Å². The minimum Gasteiger partial charge on any atom is -0.347 e. The van der Waals surface area contributed by atoms with E-state index < -0.39 is 15.4 Å². The summed E-state index contributed by atoms with van der Waals surface area (Å²) in [6, 6.07) is 0. The van der Waals surface area contributed by atoms with Crippen LogP contribution in [-0.4, -0.2) is 22.9 Å². The lowest BCUT2D eigenvalue weighted by atomic mass is 10.1. The molecule has 1 rings (SSSR count). The second-order valence-corrected chi connectivity index (χ2v) is 4.72. The number of imidazole rings is 1. The second kappa shape index (κ2) is 3.47. The predicted molar refractivity (Wildman–Crippen MR) is 47.7 cm³/mol. The van der Waals surface area contributed by atoms with Gasteiger partial charge in [-0.25, -0.2) is 4.98 Å². The molecule has 1 aromatic heterocycles. The summed E-state index contributed by atoms with van der Waals surface area (Å²) in [6.07, 6.45) is 2.79. The van der Waals surface area contributed by atoms with Gasteiger partial charge in [0.1, 0.15) is 5.25 Å². The van der Waals surface area contributed by atoms with Crippen LogP contribution in [0.2, 0.25) is 0 Å². The van der Waals surface area contributed by atoms with E-state index in [1.807, 2.05) is 0 Å². The number of nitrogens with zero attached hydrogens (tertiary/aromatic N) is 1. The van der Waals surface area contributed by atoms with Crippen molar-refractivity contribution in [3.63, 3.8) is 0 Å². The van der Waals surface area contributed by atoms with E-state index in [2.05, 4.69) is 9.97 Å². The van der Waals surface area contributed by atoms with Crippen molar-refractivity contribution in [2.75, 3.05) is 0 Å². The van der Waals surface area contributed by atoms with Crippen molar-refractivity contribution in [3.8, 4) is 0 Å². The van der Waals surface area contributed by atoms with E-state index in [1.165, 1.54) is 12.5 Å². The van der Waals surface area contributed by atoms with E-state index in [0.29, 0.717) is 5.69 Å². The Morgan fingerprint density at radius 3 is 2.46 bits per heavy atom. The van der Waals surface area contributed by atoms with Crippen LogP contribution in [0.5, 0.6) is 0 Å². The van der Waals surface area contributed by atoms with Crippen LogP contribution in [-0.2, 0) is 10.1 Å². The molecule has 0 bridgehead atoms. The number of aromatic nitrogens is 2. The third kappa shape index (κ3) is 2.28. The monoisotopic (exact) mass is 204 g/mol. The van der Waals surface area contributed by atoms with Crippen molar-refractivity contribution >= 4 is 10.1 Å². The Morgan fingerprint density at radius 2 is 2.15 bits per heavy atom. The molecule has 0 aliphatic rings. The van der Waals surface area contributed by atoms with E-state index in [0.717, 1.165) is 0 Å². The lowest BCUT2D eigenvalue weighted by Crippen LogP contribution is -2.18. The van der Waals surface area contributed by atoms with Crippen LogP contribution < -0.4 is 0 Å². The fourth-order valence-electron chi connectivity index (χ4n) is 1.29. The Bertz CT molecular complexity index is 355. The Balaban J connectivity index is 3.09. The van der Waals surface area contributed by atoms with Crippen LogP contribution in [0.1, 0.15) is 24.8 Å². The molecule has 13 heavy (non-hydrogen) atoms. The van der Waals surface area contributed by atoms with Gasteiger partial charge >= 0.3 is 0 Å². The maximum absolute atomic E-state index is 11.0. The molecule has 5 nitrogen and oxygen atoms in total. The van der Waals surface area contributed by atoms with Gasteiger partial charge in [0.2, 0.25) is 0 Å². The van der Waals surface area contributed by atoms with Gasteiger partial charge < -0.3 is 4.98 Å². The topological polar surface area (TPSA) is 83.0 Å². The first-order valence-electron chi connectivity index (χ1n) is 3.87. The Kier molecular flexibility index (Phi) is 2.72. The van der Waals surface area contributed by atoms with Crippen LogP contribution >= 0.6 is 0 Å². The summed E-state index contributed by atoms with van der Waals surface area (Å²) < 4.78 is 30.9. The largest absolute Gasteiger partial charge is 0.347 e. The van der Waals surface area contributed by atoms with Gasteiger partial charge in [-0.3, -0.25) is 4.55 Å². The van der Waals surface area contributed by atoms with Gasteiger partial charge in [-0.15, -0.1) is 0 Å². The highest BCUT2D eigenvalue weighted by Crippen LogP contribution is 2.27. The number of rotatable bonds is 3. The molecule has 6 heteroatoms. The number of hydrogen-bond acceptors (Lipinski definition) is 3. The fraction of sp³-hybridized carbons (Fsp3) is 0.571. The highest BCUT2D eigenvalue weighted by atomic mass is 32.2. The van der Waals surface area contributed by atoms with Crippen molar-refractivity contribution in [3.05, 3.63) is 18.2 Å². The summed E-state index contributed by atoms with van der Waals surface area (Å²) in [4.78, 5) is 6.38. The number of nitrogens with one attached hydrogen (secondary N) is 1. The fourth-order valence-corrected chi connectivity index (χ4v) is 2.42. The molecule has 0 radical (unpaired) electrons. The molecule has 1 aromatic rings. The van der Waals surface area contributed by atoms with Crippen LogP contribution in [0.25, 0.3) is 0 Å². The zero-order valence-corrected chi connectivity index (χ0v) is 8.25. The van der Waals surface area contributed by atoms with Crippen molar-refractivity contribution < 1.29 is 13.0 Å². The molecule has 0 amide bonds. The molecular weight excluding hydrogens is 192 g/mol. The van der Waals surface area contributed by atoms with Gasteiger partial charge in [0.15, 0.2) is 0 Å². The van der Waals surface area contributed by atoms with E-state index in [4.69, 9.17) is 4.55 Å². The SMILES string of the molecule is CC(C)C(c1cnc[nH]1)S(=O)(=O)O. The lowest BCUT2D eigenvalue weighted by molar-refractivity contribution is 0.443. The average molecular weight is 204 g/mol. The lowest BCUT2D eigenvalue weighted by Gasteiger charge is -2.15. The molecule has 1 atom stereocenters. The third-order valence-electron chi connectivity index (χ3n) is 1.75. The average Bonchev–Trinajstić information content (AvgIpc) is 2.34. The van der Waals surface area contributed by atoms with Gasteiger partial charge in [-0.2, -0.15) is 8.42 Å². The zero-order chi connectivity index (χ0) is 10.1. The predicted octanol–water partition coefficient (Wildman–Crippen LogP) is 0.995. The molecule has 1 unspecified atom stereocenters. The third-order valence-corrected chi connectivity index (χ3v) is 3.19. The van der Waals surface area contributed by atoms with Crippen molar-refractivity contribution in [2.24, 2.45) is 5.92 Å². The number of aromatic amines is 1. The molecule has 0 aliphatic heterocycles. The maximum Gasteiger partial charge on any atom is 0.273 e. The van der Waals surface area contributed by atoms with E-state index in [1.54, 1.807) is 13.8 Å². The van der Waals surface area contributed by atoms with Crippen molar-refractivity contribution in [1.29, 1.82) is 0 Å². The molecule has 0 saturated carbocycles. The Hall–Kier alpha value is -0.880. The van der Waals surface area contributed by atoms with Crippen LogP contribution in [0.3, 0.4) is 0 Å². The quantitative estimate of drug-likeness (QED) is 0.719. The molecule has 74 valence electrons. The first-order chi connectivity index (χ1) is 5.93. The van der Waals surface area contributed by atoms with Crippen molar-refractivity contribution in [1.82, 2.24) is 9.97 Å². The van der Waals surface area contributed by atoms with Crippen LogP contribution in [0, 0.1) is 5.92 Å². The van der Waals surface area contributed by atoms with Gasteiger partial charge in [-0.1, -0.05) is 13.8 Å². The molecule has 2 N–H and O–H groups in total. The van der Waals surface area contributed by atoms with E-state index >= 15 is 0 Å². The summed E-state index contributed by atoms with van der Waals surface area (Å²) in [5.74, 6) is -0.199. The standard InChI is InChI=1S/C7H12N2O3S/c1-5(2)7(13(10,11)12)6-3-8-4-9-6/h3-5,7H,1-2H3,(H,8,9)(H,10,11,12). The Labute approximate surface area is 76.9 Å². The molecule has 0 fully saturated rings. The molecule has 0 aromatic carbocycles. The van der Waals surface area contributed by atoms with Crippen molar-refractivity contribution in [2.45, 2.75) is 19.1 Å². The molecule has 0 spiro atoms. The first kappa shape index (κ1) is 10.2. The number of hydrogen-bond donors (Lipinski definition) is 2. The normalized spacial score (nSPS) is 14.8. The minimum absolute atomic E-state index is 0.199. The highest BCUT2D eigenvalue weighted by molar-refractivity contribution is 7.86. The zero-order valence-electron chi connectivity index (χ0n) is 7.43. The summed E-state index contributed by atoms with van der Waals surface area (Å²) in [7, 11) is -4.06. The van der Waals surface area contributed by atoms with Gasteiger partial charge in [0, 0.05) is 6.20 Å². The Morgan fingerprint density at radius 1 is 1.54 bits per heavy atom.